The summed E-state index contributed by atoms with van der Waals surface area (Å²) in [5.41, 5.74) is 2.08. The third-order valence-corrected chi connectivity index (χ3v) is 3.79. The Hall–Kier alpha value is -2.82. The summed E-state index contributed by atoms with van der Waals surface area (Å²) in [7, 11) is 0. The summed E-state index contributed by atoms with van der Waals surface area (Å²) in [4.78, 5) is 27.5. The van der Waals surface area contributed by atoms with Gasteiger partial charge in [0.2, 0.25) is 0 Å². The van der Waals surface area contributed by atoms with Crippen molar-refractivity contribution in [1.29, 1.82) is 0 Å². The lowest BCUT2D eigenvalue weighted by Crippen LogP contribution is -2.44. The molecule has 5 heteroatoms. The van der Waals surface area contributed by atoms with Crippen LogP contribution in [0.4, 0.5) is 9.59 Å². The van der Waals surface area contributed by atoms with Crippen LogP contribution >= 0.6 is 0 Å². The predicted molar refractivity (Wildman–Crippen MR) is 87.6 cm³/mol. The number of rotatable bonds is 4. The van der Waals surface area contributed by atoms with E-state index in [2.05, 4.69) is 5.32 Å². The zero-order chi connectivity index (χ0) is 16.1. The highest BCUT2D eigenvalue weighted by atomic mass is 16.2. The van der Waals surface area contributed by atoms with Crippen molar-refractivity contribution in [2.75, 3.05) is 13.1 Å². The summed E-state index contributed by atoms with van der Waals surface area (Å²) < 4.78 is 0. The molecule has 0 spiro atoms. The lowest BCUT2D eigenvalue weighted by molar-refractivity contribution is 0.158. The summed E-state index contributed by atoms with van der Waals surface area (Å²) in [6, 6.07) is 19.0. The van der Waals surface area contributed by atoms with Gasteiger partial charge in [0.15, 0.2) is 0 Å². The second kappa shape index (κ2) is 6.96. The number of imide groups is 1. The van der Waals surface area contributed by atoms with Crippen LogP contribution in [0.5, 0.6) is 0 Å². The number of nitrogens with zero attached hydrogens (tertiary/aromatic N) is 2. The number of benzene rings is 2. The van der Waals surface area contributed by atoms with E-state index >= 15 is 0 Å². The first-order chi connectivity index (χ1) is 11.2. The van der Waals surface area contributed by atoms with Gasteiger partial charge in [-0.3, -0.25) is 0 Å². The number of carbonyl (C=O) groups excluding carboxylic acids is 2. The molecule has 5 nitrogen and oxygen atoms in total. The van der Waals surface area contributed by atoms with Gasteiger partial charge in [0.05, 0.1) is 0 Å². The van der Waals surface area contributed by atoms with Crippen LogP contribution in [0.15, 0.2) is 60.7 Å². The number of urea groups is 2. The van der Waals surface area contributed by atoms with Crippen molar-refractivity contribution in [2.45, 2.75) is 13.1 Å². The molecule has 0 saturated carbocycles. The summed E-state index contributed by atoms with van der Waals surface area (Å²) in [5.74, 6) is 0. The van der Waals surface area contributed by atoms with Gasteiger partial charge in [-0.1, -0.05) is 60.7 Å². The molecule has 1 aliphatic rings. The van der Waals surface area contributed by atoms with Gasteiger partial charge < -0.3 is 10.2 Å². The normalized spacial score (nSPS) is 13.7. The zero-order valence-corrected chi connectivity index (χ0v) is 12.8. The van der Waals surface area contributed by atoms with E-state index in [1.165, 1.54) is 4.90 Å². The third-order valence-electron chi connectivity index (χ3n) is 3.79. The molecule has 1 aliphatic heterocycles. The maximum Gasteiger partial charge on any atom is 0.328 e. The third kappa shape index (κ3) is 3.69. The van der Waals surface area contributed by atoms with Gasteiger partial charge in [0.1, 0.15) is 0 Å². The van der Waals surface area contributed by atoms with Crippen LogP contribution in [0.1, 0.15) is 11.1 Å². The van der Waals surface area contributed by atoms with E-state index in [9.17, 15) is 9.59 Å². The van der Waals surface area contributed by atoms with E-state index in [0.717, 1.165) is 11.1 Å². The van der Waals surface area contributed by atoms with Crippen molar-refractivity contribution >= 4 is 12.1 Å². The van der Waals surface area contributed by atoms with Crippen molar-refractivity contribution in [3.63, 3.8) is 0 Å². The molecule has 3 rings (SSSR count). The van der Waals surface area contributed by atoms with Crippen LogP contribution in [-0.4, -0.2) is 35.0 Å². The standard InChI is InChI=1S/C18H19N3O2/c22-17-19-11-12-21(17)18(23)20(13-15-7-3-1-4-8-15)14-16-9-5-2-6-10-16/h1-10H,11-14H2,(H,19,22). The topological polar surface area (TPSA) is 52.7 Å². The molecule has 23 heavy (non-hydrogen) atoms. The van der Waals surface area contributed by atoms with Gasteiger partial charge in [-0.2, -0.15) is 0 Å². The van der Waals surface area contributed by atoms with Gasteiger partial charge in [-0.05, 0) is 11.1 Å². The molecular formula is C18H19N3O2. The summed E-state index contributed by atoms with van der Waals surface area (Å²) in [6.07, 6.45) is 0. The number of nitrogens with one attached hydrogen (secondary N) is 1. The zero-order valence-electron chi connectivity index (χ0n) is 12.8. The fourth-order valence-electron chi connectivity index (χ4n) is 2.62. The maximum atomic E-state index is 12.8. The van der Waals surface area contributed by atoms with Gasteiger partial charge in [0, 0.05) is 26.2 Å². The Kier molecular flexibility index (Phi) is 4.57. The Morgan fingerprint density at radius 3 is 1.91 bits per heavy atom. The fraction of sp³-hybridized carbons (Fsp3) is 0.222. The van der Waals surface area contributed by atoms with Crippen molar-refractivity contribution in [2.24, 2.45) is 0 Å². The van der Waals surface area contributed by atoms with Crippen LogP contribution in [0.2, 0.25) is 0 Å². The number of hydrogen-bond acceptors (Lipinski definition) is 2. The van der Waals surface area contributed by atoms with Crippen LogP contribution < -0.4 is 5.32 Å². The fourth-order valence-corrected chi connectivity index (χ4v) is 2.62. The molecule has 118 valence electrons. The van der Waals surface area contributed by atoms with Gasteiger partial charge in [0.25, 0.3) is 0 Å². The molecule has 2 aromatic carbocycles. The predicted octanol–water partition coefficient (Wildman–Crippen LogP) is 2.83. The molecule has 0 aliphatic carbocycles. The Labute approximate surface area is 135 Å². The number of hydrogen-bond donors (Lipinski definition) is 1. The SMILES string of the molecule is O=C1NCCN1C(=O)N(Cc1ccccc1)Cc1ccccc1. The first kappa shape index (κ1) is 15.1. The van der Waals surface area contributed by atoms with E-state index in [4.69, 9.17) is 0 Å². The van der Waals surface area contributed by atoms with E-state index in [0.29, 0.717) is 26.2 Å². The van der Waals surface area contributed by atoms with Crippen molar-refractivity contribution in [3.05, 3.63) is 71.8 Å². The van der Waals surface area contributed by atoms with Crippen molar-refractivity contribution in [1.82, 2.24) is 15.1 Å². The minimum Gasteiger partial charge on any atom is -0.336 e. The quantitative estimate of drug-likeness (QED) is 0.944. The van der Waals surface area contributed by atoms with E-state index in [1.54, 1.807) is 4.90 Å². The van der Waals surface area contributed by atoms with E-state index in [1.807, 2.05) is 60.7 Å². The summed E-state index contributed by atoms with van der Waals surface area (Å²) >= 11 is 0. The molecule has 1 heterocycles. The second-order valence-corrected chi connectivity index (χ2v) is 5.49. The van der Waals surface area contributed by atoms with Crippen molar-refractivity contribution in [3.8, 4) is 0 Å². The molecule has 0 aromatic heterocycles. The largest absolute Gasteiger partial charge is 0.336 e. The monoisotopic (exact) mass is 309 g/mol. The molecule has 0 radical (unpaired) electrons. The average molecular weight is 309 g/mol. The number of carbonyl (C=O) groups is 2. The Balaban J connectivity index is 1.80. The molecule has 0 bridgehead atoms. The second-order valence-electron chi connectivity index (χ2n) is 5.49. The van der Waals surface area contributed by atoms with Crippen LogP contribution in [0.25, 0.3) is 0 Å². The van der Waals surface area contributed by atoms with Crippen molar-refractivity contribution < 1.29 is 9.59 Å². The Morgan fingerprint density at radius 1 is 0.957 bits per heavy atom. The molecule has 0 atom stereocenters. The van der Waals surface area contributed by atoms with Gasteiger partial charge in [-0.25, -0.2) is 14.5 Å². The Morgan fingerprint density at radius 2 is 1.48 bits per heavy atom. The molecule has 0 unspecified atom stereocenters. The average Bonchev–Trinajstić information content (AvgIpc) is 3.01. The maximum absolute atomic E-state index is 12.8. The van der Waals surface area contributed by atoms with Crippen LogP contribution in [0, 0.1) is 0 Å². The molecular weight excluding hydrogens is 290 g/mol. The molecule has 1 saturated heterocycles. The highest BCUT2D eigenvalue weighted by Crippen LogP contribution is 2.14. The Bertz CT molecular complexity index is 632. The lowest BCUT2D eigenvalue weighted by atomic mass is 10.2. The molecule has 1 fully saturated rings. The summed E-state index contributed by atoms with van der Waals surface area (Å²) in [5, 5.41) is 2.67. The summed E-state index contributed by atoms with van der Waals surface area (Å²) in [6.45, 7) is 1.86. The van der Waals surface area contributed by atoms with Crippen LogP contribution in [-0.2, 0) is 13.1 Å². The van der Waals surface area contributed by atoms with E-state index in [-0.39, 0.29) is 12.1 Å². The molecule has 1 N–H and O–H groups in total. The van der Waals surface area contributed by atoms with Crippen LogP contribution in [0.3, 0.4) is 0 Å². The smallest absolute Gasteiger partial charge is 0.328 e. The lowest BCUT2D eigenvalue weighted by Gasteiger charge is -2.26. The van der Waals surface area contributed by atoms with Gasteiger partial charge >= 0.3 is 12.1 Å². The highest BCUT2D eigenvalue weighted by molar-refractivity contribution is 5.94. The first-order valence-electron chi connectivity index (χ1n) is 7.66. The van der Waals surface area contributed by atoms with E-state index < -0.39 is 0 Å². The minimum absolute atomic E-state index is 0.257. The molecule has 2 aromatic rings. The highest BCUT2D eigenvalue weighted by Gasteiger charge is 2.30. The van der Waals surface area contributed by atoms with Gasteiger partial charge in [-0.15, -0.1) is 0 Å². The first-order valence-corrected chi connectivity index (χ1v) is 7.66. The minimum atomic E-state index is -0.318. The molecule has 4 amide bonds. The number of amides is 4.